The number of rotatable bonds is 4. The number of imide groups is 1. The summed E-state index contributed by atoms with van der Waals surface area (Å²) in [4.78, 5) is 26.8. The van der Waals surface area contributed by atoms with Crippen LogP contribution in [0.1, 0.15) is 24.0 Å². The van der Waals surface area contributed by atoms with Gasteiger partial charge in [-0.1, -0.05) is 35.9 Å². The molecule has 1 saturated heterocycles. The van der Waals surface area contributed by atoms with Crippen LogP contribution in [0, 0.1) is 0 Å². The van der Waals surface area contributed by atoms with Crippen LogP contribution in [0.5, 0.6) is 5.75 Å². The second-order valence-corrected chi connectivity index (χ2v) is 7.04. The molecule has 2 aromatic rings. The Morgan fingerprint density at radius 3 is 2.69 bits per heavy atom. The summed E-state index contributed by atoms with van der Waals surface area (Å²) in [6, 6.07) is 14.5. The van der Waals surface area contributed by atoms with Gasteiger partial charge in [-0.25, -0.2) is 4.79 Å². The lowest BCUT2D eigenvalue weighted by molar-refractivity contribution is -0.132. The van der Waals surface area contributed by atoms with Gasteiger partial charge in [0.2, 0.25) is 0 Å². The number of urea groups is 1. The van der Waals surface area contributed by atoms with Gasteiger partial charge in [0.1, 0.15) is 17.9 Å². The number of carbonyl (C=O) groups is 2. The van der Waals surface area contributed by atoms with Gasteiger partial charge in [-0.15, -0.1) is 0 Å². The summed E-state index contributed by atoms with van der Waals surface area (Å²) in [7, 11) is 0. The summed E-state index contributed by atoms with van der Waals surface area (Å²) in [5.41, 5.74) is 1.13. The van der Waals surface area contributed by atoms with Crippen molar-refractivity contribution in [1.82, 2.24) is 10.2 Å². The fraction of sp³-hybridized carbons (Fsp3) is 0.300. The molecule has 1 N–H and O–H groups in total. The molecule has 2 aliphatic rings. The predicted octanol–water partition coefficient (Wildman–Crippen LogP) is 3.50. The second-order valence-electron chi connectivity index (χ2n) is 6.61. The molecule has 4 rings (SSSR count). The molecule has 134 valence electrons. The first kappa shape index (κ1) is 16.9. The molecule has 26 heavy (non-hydrogen) atoms. The molecule has 2 aromatic carbocycles. The number of amides is 3. The number of nitrogens with one attached hydrogen (secondary N) is 1. The van der Waals surface area contributed by atoms with E-state index in [2.05, 4.69) is 5.32 Å². The number of hydrogen-bond acceptors (Lipinski definition) is 3. The molecule has 1 fully saturated rings. The highest BCUT2D eigenvalue weighted by molar-refractivity contribution is 6.30. The van der Waals surface area contributed by atoms with Crippen molar-refractivity contribution >= 4 is 23.5 Å². The van der Waals surface area contributed by atoms with Crippen LogP contribution in [0.15, 0.2) is 48.5 Å². The van der Waals surface area contributed by atoms with Gasteiger partial charge in [0, 0.05) is 5.02 Å². The third kappa shape index (κ3) is 2.82. The summed E-state index contributed by atoms with van der Waals surface area (Å²) >= 11 is 5.85. The lowest BCUT2D eigenvalue weighted by Gasteiger charge is -2.33. The van der Waals surface area contributed by atoms with Crippen molar-refractivity contribution in [3.8, 4) is 5.75 Å². The Bertz CT molecular complexity index is 852. The van der Waals surface area contributed by atoms with E-state index in [1.807, 2.05) is 24.3 Å². The van der Waals surface area contributed by atoms with Gasteiger partial charge in [-0.2, -0.15) is 0 Å². The minimum absolute atomic E-state index is 0.186. The van der Waals surface area contributed by atoms with Gasteiger partial charge in [-0.05, 0) is 54.7 Å². The van der Waals surface area contributed by atoms with Gasteiger partial charge in [-0.3, -0.25) is 9.69 Å². The van der Waals surface area contributed by atoms with Crippen molar-refractivity contribution in [2.75, 3.05) is 13.2 Å². The first-order valence-corrected chi connectivity index (χ1v) is 9.09. The third-order valence-electron chi connectivity index (χ3n) is 5.05. The number of hydrogen-bond donors (Lipinski definition) is 1. The van der Waals surface area contributed by atoms with Crippen LogP contribution in [0.25, 0.3) is 0 Å². The van der Waals surface area contributed by atoms with E-state index in [1.54, 1.807) is 24.3 Å². The average molecular weight is 371 g/mol. The molecule has 3 amide bonds. The Hall–Kier alpha value is -2.53. The normalized spacial score (nSPS) is 21.7. The molecule has 5 nitrogen and oxygen atoms in total. The molecule has 0 aromatic heterocycles. The Morgan fingerprint density at radius 2 is 1.88 bits per heavy atom. The van der Waals surface area contributed by atoms with Crippen LogP contribution < -0.4 is 10.1 Å². The van der Waals surface area contributed by atoms with Gasteiger partial charge in [0.05, 0.1) is 6.54 Å². The van der Waals surface area contributed by atoms with Crippen LogP contribution >= 0.6 is 11.6 Å². The van der Waals surface area contributed by atoms with Crippen molar-refractivity contribution in [2.24, 2.45) is 0 Å². The lowest BCUT2D eigenvalue weighted by Crippen LogP contribution is -2.46. The third-order valence-corrected chi connectivity index (χ3v) is 5.30. The number of fused-ring (bicyclic) bond motifs is 2. The standard InChI is InChI=1S/C20H19ClN2O3/c21-15-7-9-16(10-8-15)26-13-12-23-18(24)20(22-19(23)25)11-3-5-14-4-1-2-6-17(14)20/h1-2,4,6-10H,3,5,11-13H2,(H,22,25). The highest BCUT2D eigenvalue weighted by Crippen LogP contribution is 2.39. The van der Waals surface area contributed by atoms with Crippen LogP contribution in [-0.2, 0) is 16.8 Å². The van der Waals surface area contributed by atoms with E-state index in [-0.39, 0.29) is 25.1 Å². The zero-order valence-corrected chi connectivity index (χ0v) is 15.0. The molecule has 0 bridgehead atoms. The van der Waals surface area contributed by atoms with Gasteiger partial charge in [0.15, 0.2) is 0 Å². The van der Waals surface area contributed by atoms with Crippen molar-refractivity contribution < 1.29 is 14.3 Å². The van der Waals surface area contributed by atoms with E-state index < -0.39 is 5.54 Å². The maximum absolute atomic E-state index is 13.1. The van der Waals surface area contributed by atoms with Crippen LogP contribution in [0.2, 0.25) is 5.02 Å². The Kier molecular flexibility index (Phi) is 4.32. The first-order valence-electron chi connectivity index (χ1n) is 8.71. The highest BCUT2D eigenvalue weighted by atomic mass is 35.5. The van der Waals surface area contributed by atoms with E-state index in [1.165, 1.54) is 4.90 Å². The molecular weight excluding hydrogens is 352 g/mol. The number of nitrogens with zero attached hydrogens (tertiary/aromatic N) is 1. The SMILES string of the molecule is O=C1NC2(CCCc3ccccc32)C(=O)N1CCOc1ccc(Cl)cc1. The van der Waals surface area contributed by atoms with Gasteiger partial charge >= 0.3 is 6.03 Å². The summed E-state index contributed by atoms with van der Waals surface area (Å²) in [5, 5.41) is 3.57. The molecule has 0 radical (unpaired) electrons. The van der Waals surface area contributed by atoms with Gasteiger partial charge < -0.3 is 10.1 Å². The zero-order valence-electron chi connectivity index (χ0n) is 14.2. The monoisotopic (exact) mass is 370 g/mol. The maximum atomic E-state index is 13.1. The highest BCUT2D eigenvalue weighted by Gasteiger charge is 2.53. The Morgan fingerprint density at radius 1 is 1.12 bits per heavy atom. The fourth-order valence-electron chi connectivity index (χ4n) is 3.80. The summed E-state index contributed by atoms with van der Waals surface area (Å²) in [6.45, 7) is 0.440. The number of halogens is 1. The number of carbonyl (C=O) groups excluding carboxylic acids is 2. The largest absolute Gasteiger partial charge is 0.492 e. The minimum Gasteiger partial charge on any atom is -0.492 e. The van der Waals surface area contributed by atoms with E-state index in [0.717, 1.165) is 24.0 Å². The van der Waals surface area contributed by atoms with E-state index in [0.29, 0.717) is 17.2 Å². The molecule has 1 unspecified atom stereocenters. The van der Waals surface area contributed by atoms with E-state index >= 15 is 0 Å². The lowest BCUT2D eigenvalue weighted by atomic mass is 9.76. The topological polar surface area (TPSA) is 58.6 Å². The predicted molar refractivity (Wildman–Crippen MR) is 98.2 cm³/mol. The quantitative estimate of drug-likeness (QED) is 0.838. The molecule has 0 saturated carbocycles. The molecule has 1 heterocycles. The molecule has 1 aliphatic carbocycles. The molecule has 6 heteroatoms. The van der Waals surface area contributed by atoms with Crippen LogP contribution in [-0.4, -0.2) is 30.0 Å². The van der Waals surface area contributed by atoms with Crippen molar-refractivity contribution in [2.45, 2.75) is 24.8 Å². The van der Waals surface area contributed by atoms with E-state index in [9.17, 15) is 9.59 Å². The second kappa shape index (κ2) is 6.65. The maximum Gasteiger partial charge on any atom is 0.325 e. The average Bonchev–Trinajstić information content (AvgIpc) is 2.88. The Balaban J connectivity index is 1.49. The minimum atomic E-state index is -0.924. The summed E-state index contributed by atoms with van der Waals surface area (Å²) in [6.07, 6.45) is 2.43. The van der Waals surface area contributed by atoms with E-state index in [4.69, 9.17) is 16.3 Å². The van der Waals surface area contributed by atoms with Gasteiger partial charge in [0.25, 0.3) is 5.91 Å². The summed E-state index contributed by atoms with van der Waals surface area (Å²) in [5.74, 6) is 0.466. The summed E-state index contributed by atoms with van der Waals surface area (Å²) < 4.78 is 5.63. The molecule has 1 atom stereocenters. The fourth-order valence-corrected chi connectivity index (χ4v) is 3.93. The smallest absolute Gasteiger partial charge is 0.325 e. The molecular formula is C20H19ClN2O3. The van der Waals surface area contributed by atoms with Crippen molar-refractivity contribution in [3.05, 3.63) is 64.7 Å². The van der Waals surface area contributed by atoms with Crippen LogP contribution in [0.4, 0.5) is 4.79 Å². The number of aryl methyl sites for hydroxylation is 1. The zero-order chi connectivity index (χ0) is 18.1. The Labute approximate surface area is 156 Å². The molecule has 1 aliphatic heterocycles. The first-order chi connectivity index (χ1) is 12.6. The van der Waals surface area contributed by atoms with Crippen LogP contribution in [0.3, 0.4) is 0 Å². The number of ether oxygens (including phenoxy) is 1. The molecule has 1 spiro atoms. The van der Waals surface area contributed by atoms with Crippen molar-refractivity contribution in [1.29, 1.82) is 0 Å². The van der Waals surface area contributed by atoms with Crippen molar-refractivity contribution in [3.63, 3.8) is 0 Å². The number of benzene rings is 2.